The summed E-state index contributed by atoms with van der Waals surface area (Å²) in [4.78, 5) is 0.959. The largest absolute Gasteiger partial charge is 0.387 e. The molecule has 0 radical (unpaired) electrons. The maximum atomic E-state index is 10.5. The Labute approximate surface area is 116 Å². The summed E-state index contributed by atoms with van der Waals surface area (Å²) in [6, 6.07) is 1.87. The summed E-state index contributed by atoms with van der Waals surface area (Å²) in [5.41, 5.74) is -0.148. The molecule has 2 aliphatic rings. The van der Waals surface area contributed by atoms with E-state index in [9.17, 15) is 5.11 Å². The molecule has 100 valence electrons. The minimum Gasteiger partial charge on any atom is -0.387 e. The molecule has 1 N–H and O–H groups in total. The van der Waals surface area contributed by atoms with Crippen LogP contribution in [0.2, 0.25) is 5.02 Å². The fourth-order valence-electron chi connectivity index (χ4n) is 2.91. The molecular formula is C13H17ClO3S. The highest BCUT2D eigenvalue weighted by molar-refractivity contribution is 7.10. The molecule has 2 aliphatic heterocycles. The van der Waals surface area contributed by atoms with Crippen LogP contribution < -0.4 is 0 Å². The van der Waals surface area contributed by atoms with E-state index < -0.39 is 6.10 Å². The third-order valence-electron chi connectivity index (χ3n) is 3.92. The van der Waals surface area contributed by atoms with E-state index in [4.69, 9.17) is 21.1 Å². The van der Waals surface area contributed by atoms with Gasteiger partial charge in [0.15, 0.2) is 0 Å². The average molecular weight is 289 g/mol. The van der Waals surface area contributed by atoms with Crippen molar-refractivity contribution in [3.8, 4) is 0 Å². The van der Waals surface area contributed by atoms with Crippen molar-refractivity contribution >= 4 is 22.9 Å². The lowest BCUT2D eigenvalue weighted by Crippen LogP contribution is -2.41. The summed E-state index contributed by atoms with van der Waals surface area (Å²) < 4.78 is 11.3. The number of rotatable bonds is 2. The van der Waals surface area contributed by atoms with Crippen molar-refractivity contribution in [3.05, 3.63) is 21.3 Å². The summed E-state index contributed by atoms with van der Waals surface area (Å²) in [5.74, 6) is 0.246. The Morgan fingerprint density at radius 1 is 1.50 bits per heavy atom. The molecule has 18 heavy (non-hydrogen) atoms. The zero-order chi connectivity index (χ0) is 12.6. The fourth-order valence-corrected chi connectivity index (χ4v) is 4.07. The third-order valence-corrected chi connectivity index (χ3v) is 5.27. The summed E-state index contributed by atoms with van der Waals surface area (Å²) in [5, 5.41) is 13.0. The molecule has 0 bridgehead atoms. The fraction of sp³-hybridized carbons (Fsp3) is 0.692. The maximum absolute atomic E-state index is 10.5. The van der Waals surface area contributed by atoms with Crippen LogP contribution in [0.5, 0.6) is 0 Å². The molecule has 2 saturated heterocycles. The second-order valence-corrected chi connectivity index (χ2v) is 6.58. The van der Waals surface area contributed by atoms with Crippen LogP contribution in [0.4, 0.5) is 0 Å². The predicted molar refractivity (Wildman–Crippen MR) is 71.1 cm³/mol. The normalized spacial score (nSPS) is 34.0. The van der Waals surface area contributed by atoms with Gasteiger partial charge in [0.1, 0.15) is 0 Å². The van der Waals surface area contributed by atoms with E-state index >= 15 is 0 Å². The first-order valence-corrected chi connectivity index (χ1v) is 7.58. The highest BCUT2D eigenvalue weighted by Gasteiger charge is 2.43. The van der Waals surface area contributed by atoms with Gasteiger partial charge in [0.25, 0.3) is 0 Å². The van der Waals surface area contributed by atoms with E-state index in [2.05, 4.69) is 0 Å². The van der Waals surface area contributed by atoms with Gasteiger partial charge in [-0.1, -0.05) is 11.6 Å². The summed E-state index contributed by atoms with van der Waals surface area (Å²) >= 11 is 7.45. The first kappa shape index (κ1) is 12.9. The van der Waals surface area contributed by atoms with Crippen LogP contribution in [-0.2, 0) is 9.47 Å². The van der Waals surface area contributed by atoms with Gasteiger partial charge < -0.3 is 14.6 Å². The van der Waals surface area contributed by atoms with E-state index in [0.717, 1.165) is 30.7 Å². The SMILES string of the molecule is OC(c1cc(Cl)cs1)C1CCOC2(CCOC2)C1. The van der Waals surface area contributed by atoms with Crippen molar-refractivity contribution < 1.29 is 14.6 Å². The minimum absolute atomic E-state index is 0.148. The third kappa shape index (κ3) is 2.45. The van der Waals surface area contributed by atoms with Crippen molar-refractivity contribution in [1.82, 2.24) is 0 Å². The van der Waals surface area contributed by atoms with E-state index in [1.165, 1.54) is 11.3 Å². The molecule has 3 nitrogen and oxygen atoms in total. The lowest BCUT2D eigenvalue weighted by molar-refractivity contribution is -0.116. The molecule has 3 heterocycles. The van der Waals surface area contributed by atoms with Crippen LogP contribution in [0, 0.1) is 5.92 Å². The van der Waals surface area contributed by atoms with Crippen LogP contribution in [0.15, 0.2) is 11.4 Å². The van der Waals surface area contributed by atoms with E-state index in [1.54, 1.807) is 0 Å². The zero-order valence-electron chi connectivity index (χ0n) is 10.1. The van der Waals surface area contributed by atoms with Crippen LogP contribution in [0.25, 0.3) is 0 Å². The lowest BCUT2D eigenvalue weighted by Gasteiger charge is -2.38. The molecule has 2 fully saturated rings. The molecule has 0 amide bonds. The molecule has 3 atom stereocenters. The van der Waals surface area contributed by atoms with Gasteiger partial charge in [0, 0.05) is 29.9 Å². The molecule has 1 aromatic rings. The Morgan fingerprint density at radius 2 is 2.39 bits per heavy atom. The van der Waals surface area contributed by atoms with Gasteiger partial charge in [0.05, 0.1) is 23.3 Å². The van der Waals surface area contributed by atoms with Crippen molar-refractivity contribution in [2.45, 2.75) is 31.0 Å². The molecule has 1 aromatic heterocycles. The lowest BCUT2D eigenvalue weighted by atomic mass is 9.82. The van der Waals surface area contributed by atoms with Gasteiger partial charge in [-0.3, -0.25) is 0 Å². The maximum Gasteiger partial charge on any atom is 0.0940 e. The number of aliphatic hydroxyl groups excluding tert-OH is 1. The molecule has 0 saturated carbocycles. The standard InChI is InChI=1S/C13H17ClO3S/c14-10-5-11(18-7-10)12(15)9-1-3-17-13(6-9)2-4-16-8-13/h5,7,9,12,15H,1-4,6,8H2. The first-order chi connectivity index (χ1) is 8.69. The number of hydrogen-bond donors (Lipinski definition) is 1. The van der Waals surface area contributed by atoms with Crippen LogP contribution in [0.1, 0.15) is 30.2 Å². The minimum atomic E-state index is -0.427. The Kier molecular flexibility index (Phi) is 3.65. The van der Waals surface area contributed by atoms with Crippen molar-refractivity contribution in [2.24, 2.45) is 5.92 Å². The van der Waals surface area contributed by atoms with E-state index in [-0.39, 0.29) is 11.5 Å². The topological polar surface area (TPSA) is 38.7 Å². The van der Waals surface area contributed by atoms with Gasteiger partial charge >= 0.3 is 0 Å². The highest BCUT2D eigenvalue weighted by Crippen LogP contribution is 2.42. The zero-order valence-corrected chi connectivity index (χ0v) is 11.7. The molecule has 3 rings (SSSR count). The first-order valence-electron chi connectivity index (χ1n) is 6.32. The molecule has 5 heteroatoms. The van der Waals surface area contributed by atoms with Crippen molar-refractivity contribution in [2.75, 3.05) is 19.8 Å². The average Bonchev–Trinajstić information content (AvgIpc) is 2.98. The number of thiophene rings is 1. The Hall–Kier alpha value is -0.130. The number of halogens is 1. The van der Waals surface area contributed by atoms with Crippen molar-refractivity contribution in [1.29, 1.82) is 0 Å². The van der Waals surface area contributed by atoms with Crippen LogP contribution >= 0.6 is 22.9 Å². The number of hydrogen-bond acceptors (Lipinski definition) is 4. The van der Waals surface area contributed by atoms with Crippen LogP contribution in [0.3, 0.4) is 0 Å². The van der Waals surface area contributed by atoms with Crippen LogP contribution in [-0.4, -0.2) is 30.5 Å². The molecule has 0 aromatic carbocycles. The summed E-state index contributed by atoms with van der Waals surface area (Å²) in [6.07, 6.45) is 2.30. The second kappa shape index (κ2) is 5.10. The predicted octanol–water partition coefficient (Wildman–Crippen LogP) is 3.02. The molecule has 3 unspecified atom stereocenters. The Morgan fingerprint density at radius 3 is 3.06 bits per heavy atom. The van der Waals surface area contributed by atoms with Gasteiger partial charge in [-0.05, 0) is 24.8 Å². The second-order valence-electron chi connectivity index (χ2n) is 5.20. The van der Waals surface area contributed by atoms with Gasteiger partial charge in [-0.15, -0.1) is 11.3 Å². The van der Waals surface area contributed by atoms with Gasteiger partial charge in [-0.25, -0.2) is 0 Å². The highest BCUT2D eigenvalue weighted by atomic mass is 35.5. The van der Waals surface area contributed by atoms with E-state index in [0.29, 0.717) is 18.2 Å². The Bertz CT molecular complexity index is 414. The van der Waals surface area contributed by atoms with Gasteiger partial charge in [0.2, 0.25) is 0 Å². The van der Waals surface area contributed by atoms with Crippen molar-refractivity contribution in [3.63, 3.8) is 0 Å². The summed E-state index contributed by atoms with van der Waals surface area (Å²) in [7, 11) is 0. The van der Waals surface area contributed by atoms with Gasteiger partial charge in [-0.2, -0.15) is 0 Å². The molecule has 1 spiro atoms. The molecule has 0 aliphatic carbocycles. The monoisotopic (exact) mass is 288 g/mol. The number of ether oxygens (including phenoxy) is 2. The smallest absolute Gasteiger partial charge is 0.0940 e. The molecular weight excluding hydrogens is 272 g/mol. The van der Waals surface area contributed by atoms with E-state index in [1.807, 2.05) is 11.4 Å². The summed E-state index contributed by atoms with van der Waals surface area (Å²) in [6.45, 7) is 2.15. The quantitative estimate of drug-likeness (QED) is 0.909. The number of aliphatic hydroxyl groups is 1. The Balaban J connectivity index is 1.72.